The highest BCUT2D eigenvalue weighted by molar-refractivity contribution is 6.00. The summed E-state index contributed by atoms with van der Waals surface area (Å²) < 4.78 is 5.67. The minimum atomic E-state index is -1.11. The number of benzene rings is 2. The molecule has 3 rings (SSSR count). The second-order valence-electron chi connectivity index (χ2n) is 10.8. The van der Waals surface area contributed by atoms with E-state index < -0.39 is 41.7 Å². The third-order valence-electron chi connectivity index (χ3n) is 7.50. The third kappa shape index (κ3) is 10.5. The number of rotatable bonds is 17. The van der Waals surface area contributed by atoms with E-state index in [-0.39, 0.29) is 32.0 Å². The van der Waals surface area contributed by atoms with E-state index in [9.17, 15) is 24.3 Å². The van der Waals surface area contributed by atoms with Crippen molar-refractivity contribution in [3.8, 4) is 0 Å². The molecule has 0 saturated carbocycles. The maximum atomic E-state index is 13.5. The zero-order valence-electron chi connectivity index (χ0n) is 24.7. The first-order valence-electron chi connectivity index (χ1n) is 14.8. The molecule has 2 aromatic rings. The lowest BCUT2D eigenvalue weighted by molar-refractivity contribution is -0.152. The van der Waals surface area contributed by atoms with Gasteiger partial charge in [0.1, 0.15) is 12.5 Å². The number of hydrogen-bond donors (Lipinski definition) is 3. The summed E-state index contributed by atoms with van der Waals surface area (Å²) in [6, 6.07) is 17.1. The fourth-order valence-corrected chi connectivity index (χ4v) is 5.11. The van der Waals surface area contributed by atoms with Crippen molar-refractivity contribution in [2.45, 2.75) is 50.6 Å². The first-order valence-corrected chi connectivity index (χ1v) is 14.8. The smallest absolute Gasteiger partial charge is 0.309 e. The van der Waals surface area contributed by atoms with Crippen LogP contribution in [0.3, 0.4) is 0 Å². The summed E-state index contributed by atoms with van der Waals surface area (Å²) in [5.74, 6) is -3.50. The number of esters is 1. The first kappa shape index (κ1) is 33.3. The van der Waals surface area contributed by atoms with Gasteiger partial charge >= 0.3 is 5.97 Å². The molecule has 1 heterocycles. The Morgan fingerprint density at radius 2 is 1.49 bits per heavy atom. The summed E-state index contributed by atoms with van der Waals surface area (Å²) in [5, 5.41) is 15.6. The van der Waals surface area contributed by atoms with Gasteiger partial charge in [-0.25, -0.2) is 0 Å². The fraction of sp³-hybridized carbons (Fsp3) is 0.412. The molecule has 0 radical (unpaired) electrons. The quantitative estimate of drug-likeness (QED) is 0.147. The number of ether oxygens (including phenoxy) is 1. The number of amides is 3. The predicted molar refractivity (Wildman–Crippen MR) is 164 cm³/mol. The Balaban J connectivity index is 1.70. The Bertz CT molecular complexity index is 1210. The molecule has 1 fully saturated rings. The molecule has 1 aliphatic heterocycles. The van der Waals surface area contributed by atoms with E-state index in [2.05, 4.69) is 23.8 Å². The van der Waals surface area contributed by atoms with Gasteiger partial charge in [-0.05, 0) is 43.2 Å². The number of nitrogens with one attached hydrogen (secondary N) is 2. The Morgan fingerprint density at radius 1 is 0.884 bits per heavy atom. The number of nitrogens with zero attached hydrogens (tertiary/aromatic N) is 1. The molecular formula is C34H43N3O6. The molecule has 230 valence electrons. The van der Waals surface area contributed by atoms with Gasteiger partial charge in [0, 0.05) is 19.5 Å². The molecule has 9 nitrogen and oxygen atoms in total. The zero-order valence-corrected chi connectivity index (χ0v) is 24.7. The maximum Gasteiger partial charge on any atom is 0.309 e. The molecule has 1 saturated heterocycles. The second-order valence-corrected chi connectivity index (χ2v) is 10.8. The molecule has 0 spiro atoms. The molecule has 1 unspecified atom stereocenters. The molecule has 3 N–H and O–H groups in total. The van der Waals surface area contributed by atoms with Gasteiger partial charge in [0.05, 0.1) is 24.6 Å². The summed E-state index contributed by atoms with van der Waals surface area (Å²) in [7, 11) is 0. The lowest BCUT2D eigenvalue weighted by Crippen LogP contribution is -2.48. The minimum Gasteiger partial charge on any atom is -0.463 e. The van der Waals surface area contributed by atoms with E-state index in [0.717, 1.165) is 18.4 Å². The Hall–Kier alpha value is -4.24. The van der Waals surface area contributed by atoms with Crippen molar-refractivity contribution in [2.24, 2.45) is 11.8 Å². The minimum absolute atomic E-state index is 0.0373. The molecule has 9 heteroatoms. The van der Waals surface area contributed by atoms with Gasteiger partial charge in [0.2, 0.25) is 17.7 Å². The van der Waals surface area contributed by atoms with Crippen LogP contribution >= 0.6 is 0 Å². The van der Waals surface area contributed by atoms with Crippen LogP contribution in [0, 0.1) is 11.8 Å². The van der Waals surface area contributed by atoms with Crippen LogP contribution in [0.5, 0.6) is 0 Å². The van der Waals surface area contributed by atoms with Crippen LogP contribution in [0.1, 0.15) is 49.3 Å². The Kier molecular flexibility index (Phi) is 13.7. The van der Waals surface area contributed by atoms with Gasteiger partial charge in [0.15, 0.2) is 0 Å². The Labute approximate surface area is 254 Å². The summed E-state index contributed by atoms with van der Waals surface area (Å²) in [6.07, 6.45) is 5.76. The van der Waals surface area contributed by atoms with Crippen molar-refractivity contribution in [1.82, 2.24) is 15.5 Å². The predicted octanol–water partition coefficient (Wildman–Crippen LogP) is 3.50. The average molecular weight is 590 g/mol. The maximum absolute atomic E-state index is 13.5. The normalized spacial score (nSPS) is 15.4. The molecular weight excluding hydrogens is 546 g/mol. The Morgan fingerprint density at radius 3 is 2.09 bits per heavy atom. The van der Waals surface area contributed by atoms with Crippen molar-refractivity contribution in [1.29, 1.82) is 0 Å². The number of allylic oxidation sites excluding steroid dienone is 2. The highest BCUT2D eigenvalue weighted by atomic mass is 16.5. The van der Waals surface area contributed by atoms with Crippen molar-refractivity contribution in [3.05, 3.63) is 97.1 Å². The summed E-state index contributed by atoms with van der Waals surface area (Å²) in [4.78, 5) is 54.3. The molecule has 43 heavy (non-hydrogen) atoms. The zero-order chi connectivity index (χ0) is 31.0. The summed E-state index contributed by atoms with van der Waals surface area (Å²) in [6.45, 7) is 8.34. The van der Waals surface area contributed by atoms with Crippen molar-refractivity contribution >= 4 is 23.7 Å². The van der Waals surface area contributed by atoms with E-state index in [1.54, 1.807) is 35.2 Å². The lowest BCUT2D eigenvalue weighted by atomic mass is 9.99. The third-order valence-corrected chi connectivity index (χ3v) is 7.50. The van der Waals surface area contributed by atoms with Crippen LogP contribution in [0.15, 0.2) is 86.0 Å². The van der Waals surface area contributed by atoms with Crippen molar-refractivity contribution in [3.63, 3.8) is 0 Å². The average Bonchev–Trinajstić information content (AvgIpc) is 3.57. The van der Waals surface area contributed by atoms with Crippen LogP contribution in [-0.2, 0) is 30.3 Å². The number of hydrogen-bond acceptors (Lipinski definition) is 6. The number of aliphatic hydroxyl groups excluding tert-OH is 1. The van der Waals surface area contributed by atoms with Crippen LogP contribution in [0.25, 0.3) is 0 Å². The molecule has 4 atom stereocenters. The topological polar surface area (TPSA) is 125 Å². The van der Waals surface area contributed by atoms with Gasteiger partial charge in [-0.15, -0.1) is 13.2 Å². The standard InChI is InChI=1S/C34H43N3O6/c1-3-13-27(22-31(39)37-19-11-12-20-37)34(42)43-24-28(21-25-15-7-5-8-16-25)35-32(40)29(14-4-2)33(41)36-30(23-38)26-17-9-6-10-18-26/h3-10,15-18,27-30,38H,1-2,11-14,19-24H2,(H,35,40)(H,36,41)/t27-,28+,29?,30+/m1/s1. The number of carbonyl (C=O) groups excluding carboxylic acids is 4. The molecule has 2 aromatic carbocycles. The van der Waals surface area contributed by atoms with E-state index in [4.69, 9.17) is 4.74 Å². The first-order chi connectivity index (χ1) is 20.9. The van der Waals surface area contributed by atoms with E-state index >= 15 is 0 Å². The van der Waals surface area contributed by atoms with Gasteiger partial charge in [-0.1, -0.05) is 72.8 Å². The second kappa shape index (κ2) is 17.7. The van der Waals surface area contributed by atoms with Crippen molar-refractivity contribution < 1.29 is 29.0 Å². The van der Waals surface area contributed by atoms with Gasteiger partial charge < -0.3 is 25.4 Å². The van der Waals surface area contributed by atoms with Gasteiger partial charge in [-0.3, -0.25) is 19.2 Å². The van der Waals surface area contributed by atoms with Crippen LogP contribution in [0.2, 0.25) is 0 Å². The van der Waals surface area contributed by atoms with E-state index in [1.807, 2.05) is 36.4 Å². The number of carbonyl (C=O) groups is 4. The molecule has 0 aliphatic carbocycles. The lowest BCUT2D eigenvalue weighted by Gasteiger charge is -2.25. The highest BCUT2D eigenvalue weighted by Gasteiger charge is 2.31. The highest BCUT2D eigenvalue weighted by Crippen LogP contribution is 2.18. The van der Waals surface area contributed by atoms with Crippen LogP contribution < -0.4 is 10.6 Å². The van der Waals surface area contributed by atoms with Gasteiger partial charge in [0.25, 0.3) is 0 Å². The van der Waals surface area contributed by atoms with Crippen molar-refractivity contribution in [2.75, 3.05) is 26.3 Å². The summed E-state index contributed by atoms with van der Waals surface area (Å²) >= 11 is 0. The van der Waals surface area contributed by atoms with Crippen LogP contribution in [-0.4, -0.2) is 66.0 Å². The number of aliphatic hydroxyl groups is 1. The fourth-order valence-electron chi connectivity index (χ4n) is 5.11. The number of likely N-dealkylation sites (tertiary alicyclic amines) is 1. The largest absolute Gasteiger partial charge is 0.463 e. The van der Waals surface area contributed by atoms with Crippen LogP contribution in [0.4, 0.5) is 0 Å². The molecule has 3 amide bonds. The molecule has 0 bridgehead atoms. The molecule has 0 aromatic heterocycles. The van der Waals surface area contributed by atoms with E-state index in [0.29, 0.717) is 31.5 Å². The monoisotopic (exact) mass is 589 g/mol. The summed E-state index contributed by atoms with van der Waals surface area (Å²) in [5.41, 5.74) is 1.62. The van der Waals surface area contributed by atoms with Gasteiger partial charge in [-0.2, -0.15) is 0 Å². The van der Waals surface area contributed by atoms with E-state index in [1.165, 1.54) is 6.08 Å². The molecule has 1 aliphatic rings. The SMILES string of the molecule is C=CCC(C(=O)N[C@H](COC(=O)[C@H](CC=C)CC(=O)N1CCCC1)Cc1ccccc1)C(=O)N[C@@H](CO)c1ccccc1.